The van der Waals surface area contributed by atoms with Crippen molar-refractivity contribution in [3.63, 3.8) is 0 Å². The van der Waals surface area contributed by atoms with Crippen molar-refractivity contribution in [3.8, 4) is 0 Å². The van der Waals surface area contributed by atoms with Crippen LogP contribution >= 0.6 is 0 Å². The summed E-state index contributed by atoms with van der Waals surface area (Å²) in [6.45, 7) is 2.48. The maximum absolute atomic E-state index is 12.0. The fraction of sp³-hybridized carbons (Fsp3) is 0.625. The van der Waals surface area contributed by atoms with Crippen LogP contribution in [0, 0.1) is 5.92 Å². The Morgan fingerprint density at radius 2 is 1.84 bits per heavy atom. The molecule has 0 aromatic carbocycles. The molecule has 9 heteroatoms. The molecule has 1 aliphatic carbocycles. The molecular weight excluding hydrogens is 346 g/mol. The Kier molecular flexibility index (Phi) is 7.01. The fourth-order valence-corrected chi connectivity index (χ4v) is 4.04. The lowest BCUT2D eigenvalue weighted by Crippen LogP contribution is -2.43. The van der Waals surface area contributed by atoms with E-state index in [4.69, 9.17) is 4.42 Å². The number of nitrogens with one attached hydrogen (secondary N) is 3. The van der Waals surface area contributed by atoms with Crippen molar-refractivity contribution in [1.29, 1.82) is 0 Å². The third-order valence-corrected chi connectivity index (χ3v) is 5.50. The number of carbonyl (C=O) groups excluding carboxylic acids is 2. The van der Waals surface area contributed by atoms with Gasteiger partial charge in [-0.2, -0.15) is 0 Å². The van der Waals surface area contributed by atoms with Crippen molar-refractivity contribution < 1.29 is 22.4 Å². The van der Waals surface area contributed by atoms with Crippen LogP contribution in [0.25, 0.3) is 0 Å². The summed E-state index contributed by atoms with van der Waals surface area (Å²) in [4.78, 5) is 23.4. The number of rotatable bonds is 8. The summed E-state index contributed by atoms with van der Waals surface area (Å²) < 4.78 is 31.6. The summed E-state index contributed by atoms with van der Waals surface area (Å²) in [6.07, 6.45) is 4.99. The highest BCUT2D eigenvalue weighted by Crippen LogP contribution is 2.23. The normalized spacial score (nSPS) is 20.8. The van der Waals surface area contributed by atoms with Crippen molar-refractivity contribution in [2.75, 3.05) is 18.8 Å². The lowest BCUT2D eigenvalue weighted by molar-refractivity contribution is -0.118. The first-order valence-corrected chi connectivity index (χ1v) is 10.1. The Labute approximate surface area is 147 Å². The van der Waals surface area contributed by atoms with Gasteiger partial charge in [-0.25, -0.2) is 13.1 Å². The second-order valence-corrected chi connectivity index (χ2v) is 8.17. The van der Waals surface area contributed by atoms with Gasteiger partial charge in [-0.15, -0.1) is 0 Å². The number of carbonyl (C=O) groups is 2. The minimum absolute atomic E-state index is 0.0819. The Bertz CT molecular complexity index is 664. The molecular formula is C16H25N3O5S. The molecule has 0 bridgehead atoms. The maximum Gasteiger partial charge on any atom is 0.287 e. The van der Waals surface area contributed by atoms with Crippen LogP contribution in [0.15, 0.2) is 22.8 Å². The van der Waals surface area contributed by atoms with Gasteiger partial charge in [0.2, 0.25) is 15.9 Å². The van der Waals surface area contributed by atoms with Crippen LogP contribution < -0.4 is 15.4 Å². The maximum atomic E-state index is 12.0. The lowest BCUT2D eigenvalue weighted by atomic mass is 9.88. The van der Waals surface area contributed by atoms with Crippen LogP contribution in [0.3, 0.4) is 0 Å². The van der Waals surface area contributed by atoms with E-state index in [2.05, 4.69) is 22.3 Å². The van der Waals surface area contributed by atoms with Gasteiger partial charge in [-0.1, -0.05) is 6.92 Å². The fourth-order valence-electron chi connectivity index (χ4n) is 2.77. The summed E-state index contributed by atoms with van der Waals surface area (Å²) in [7, 11) is -3.65. The Balaban J connectivity index is 1.64. The van der Waals surface area contributed by atoms with E-state index >= 15 is 0 Å². The first-order chi connectivity index (χ1) is 11.9. The zero-order valence-corrected chi connectivity index (χ0v) is 15.1. The van der Waals surface area contributed by atoms with E-state index in [0.717, 1.165) is 25.7 Å². The molecule has 1 heterocycles. The number of hydrogen-bond acceptors (Lipinski definition) is 5. The summed E-state index contributed by atoms with van der Waals surface area (Å²) in [5.41, 5.74) is 0. The van der Waals surface area contributed by atoms with Crippen LogP contribution in [0.2, 0.25) is 0 Å². The molecule has 1 aliphatic rings. The monoisotopic (exact) mass is 371 g/mol. The summed E-state index contributed by atoms with van der Waals surface area (Å²) >= 11 is 0. The standard InChI is InChI=1S/C16H25N3O5S/c1-12-4-6-13(7-5-12)19-25(22,23)11-15(20)17-8-9-18-16(21)14-3-2-10-24-14/h2-3,10,12-13,19H,4-9,11H2,1H3,(H,17,20)(H,18,21). The first kappa shape index (κ1) is 19.5. The predicted molar refractivity (Wildman–Crippen MR) is 92.4 cm³/mol. The van der Waals surface area contributed by atoms with Crippen LogP contribution in [0.1, 0.15) is 43.2 Å². The number of furan rings is 1. The van der Waals surface area contributed by atoms with E-state index < -0.39 is 21.7 Å². The molecule has 8 nitrogen and oxygen atoms in total. The van der Waals surface area contributed by atoms with E-state index in [-0.39, 0.29) is 30.8 Å². The van der Waals surface area contributed by atoms with Gasteiger partial charge >= 0.3 is 0 Å². The van der Waals surface area contributed by atoms with E-state index in [9.17, 15) is 18.0 Å². The van der Waals surface area contributed by atoms with Crippen molar-refractivity contribution in [3.05, 3.63) is 24.2 Å². The van der Waals surface area contributed by atoms with Gasteiger partial charge in [0.25, 0.3) is 5.91 Å². The molecule has 0 atom stereocenters. The van der Waals surface area contributed by atoms with E-state index in [1.165, 1.54) is 12.3 Å². The van der Waals surface area contributed by atoms with Gasteiger partial charge < -0.3 is 15.1 Å². The average molecular weight is 371 g/mol. The van der Waals surface area contributed by atoms with Crippen LogP contribution in [0.4, 0.5) is 0 Å². The molecule has 2 rings (SSSR count). The van der Waals surface area contributed by atoms with E-state index in [1.54, 1.807) is 6.07 Å². The van der Waals surface area contributed by atoms with Crippen molar-refractivity contribution in [1.82, 2.24) is 15.4 Å². The zero-order valence-electron chi connectivity index (χ0n) is 14.3. The van der Waals surface area contributed by atoms with Gasteiger partial charge in [-0.05, 0) is 43.7 Å². The van der Waals surface area contributed by atoms with Gasteiger partial charge in [0, 0.05) is 19.1 Å². The highest BCUT2D eigenvalue weighted by Gasteiger charge is 2.24. The molecule has 1 fully saturated rings. The summed E-state index contributed by atoms with van der Waals surface area (Å²) in [5, 5.41) is 5.04. The van der Waals surface area contributed by atoms with Crippen molar-refractivity contribution in [2.24, 2.45) is 5.92 Å². The zero-order chi connectivity index (χ0) is 18.3. The predicted octanol–water partition coefficient (Wildman–Crippen LogP) is 0.624. The topological polar surface area (TPSA) is 118 Å². The molecule has 0 aliphatic heterocycles. The lowest BCUT2D eigenvalue weighted by Gasteiger charge is -2.26. The summed E-state index contributed by atoms with van der Waals surface area (Å²) in [5.74, 6) is -0.783. The molecule has 0 spiro atoms. The number of sulfonamides is 1. The average Bonchev–Trinajstić information content (AvgIpc) is 3.07. The highest BCUT2D eigenvalue weighted by atomic mass is 32.2. The number of amides is 2. The molecule has 3 N–H and O–H groups in total. The largest absolute Gasteiger partial charge is 0.459 e. The molecule has 2 amide bonds. The quantitative estimate of drug-likeness (QED) is 0.579. The van der Waals surface area contributed by atoms with E-state index in [1.807, 2.05) is 0 Å². The van der Waals surface area contributed by atoms with Crippen LogP contribution in [-0.2, 0) is 14.8 Å². The van der Waals surface area contributed by atoms with Gasteiger partial charge in [0.1, 0.15) is 5.75 Å². The molecule has 1 aromatic heterocycles. The highest BCUT2D eigenvalue weighted by molar-refractivity contribution is 7.90. The Morgan fingerprint density at radius 3 is 2.48 bits per heavy atom. The molecule has 0 saturated heterocycles. The minimum Gasteiger partial charge on any atom is -0.459 e. The molecule has 0 unspecified atom stereocenters. The second-order valence-electron chi connectivity index (χ2n) is 6.42. The van der Waals surface area contributed by atoms with Crippen molar-refractivity contribution in [2.45, 2.75) is 38.6 Å². The van der Waals surface area contributed by atoms with Crippen LogP contribution in [0.5, 0.6) is 0 Å². The SMILES string of the molecule is CC1CCC(NS(=O)(=O)CC(=O)NCCNC(=O)c2ccco2)CC1. The van der Waals surface area contributed by atoms with Crippen molar-refractivity contribution >= 4 is 21.8 Å². The van der Waals surface area contributed by atoms with E-state index in [0.29, 0.717) is 5.92 Å². The third-order valence-electron chi connectivity index (χ3n) is 4.16. The first-order valence-electron chi connectivity index (χ1n) is 8.44. The van der Waals surface area contributed by atoms with Gasteiger partial charge in [0.05, 0.1) is 6.26 Å². The second kappa shape index (κ2) is 9.00. The molecule has 25 heavy (non-hydrogen) atoms. The Hall–Kier alpha value is -1.87. The third kappa shape index (κ3) is 6.87. The smallest absolute Gasteiger partial charge is 0.287 e. The minimum atomic E-state index is -3.65. The molecule has 1 saturated carbocycles. The molecule has 1 aromatic rings. The van der Waals surface area contributed by atoms with Gasteiger partial charge in [-0.3, -0.25) is 9.59 Å². The molecule has 140 valence electrons. The Morgan fingerprint density at radius 1 is 1.16 bits per heavy atom. The summed E-state index contributed by atoms with van der Waals surface area (Å²) in [6, 6.07) is 3.04. The molecule has 0 radical (unpaired) electrons. The van der Waals surface area contributed by atoms with Gasteiger partial charge in [0.15, 0.2) is 5.76 Å². The number of hydrogen-bond donors (Lipinski definition) is 3. The van der Waals surface area contributed by atoms with Crippen LogP contribution in [-0.4, -0.2) is 45.1 Å².